The fourth-order valence-corrected chi connectivity index (χ4v) is 3.89. The Morgan fingerprint density at radius 2 is 2.05 bits per heavy atom. The first-order valence-electron chi connectivity index (χ1n) is 8.38. The summed E-state index contributed by atoms with van der Waals surface area (Å²) in [5.41, 5.74) is 4.88. The van der Waals surface area contributed by atoms with Gasteiger partial charge in [-0.3, -0.25) is 0 Å². The summed E-state index contributed by atoms with van der Waals surface area (Å²) in [7, 11) is 0. The lowest BCUT2D eigenvalue weighted by Crippen LogP contribution is -2.31. The van der Waals surface area contributed by atoms with Gasteiger partial charge < -0.3 is 10.6 Å². The third kappa shape index (κ3) is 3.01. The third-order valence-corrected chi connectivity index (χ3v) is 5.35. The van der Waals surface area contributed by atoms with E-state index >= 15 is 0 Å². The Labute approximate surface area is 123 Å². The zero-order chi connectivity index (χ0) is 13.8. The maximum absolute atomic E-state index is 3.72. The third-order valence-electron chi connectivity index (χ3n) is 5.35. The van der Waals surface area contributed by atoms with Crippen molar-refractivity contribution in [2.75, 3.05) is 18.4 Å². The van der Waals surface area contributed by atoms with E-state index in [1.165, 1.54) is 68.3 Å². The van der Waals surface area contributed by atoms with Gasteiger partial charge in [-0.25, -0.2) is 0 Å². The van der Waals surface area contributed by atoms with Crippen molar-refractivity contribution in [1.29, 1.82) is 0 Å². The molecule has 2 aliphatic rings. The van der Waals surface area contributed by atoms with Crippen molar-refractivity contribution in [3.8, 4) is 0 Å². The van der Waals surface area contributed by atoms with Gasteiger partial charge >= 0.3 is 0 Å². The molecule has 0 atom stereocenters. The van der Waals surface area contributed by atoms with Crippen molar-refractivity contribution in [2.24, 2.45) is 5.41 Å². The van der Waals surface area contributed by atoms with Crippen LogP contribution in [-0.4, -0.2) is 13.1 Å². The van der Waals surface area contributed by atoms with Crippen LogP contribution in [0.1, 0.15) is 56.6 Å². The van der Waals surface area contributed by atoms with Gasteiger partial charge in [-0.1, -0.05) is 31.9 Å². The molecule has 110 valence electrons. The van der Waals surface area contributed by atoms with Gasteiger partial charge in [0, 0.05) is 25.3 Å². The quantitative estimate of drug-likeness (QED) is 0.843. The van der Waals surface area contributed by atoms with Crippen LogP contribution in [0.25, 0.3) is 0 Å². The molecular formula is C18H28N2. The summed E-state index contributed by atoms with van der Waals surface area (Å²) in [5.74, 6) is 0. The van der Waals surface area contributed by atoms with E-state index < -0.39 is 0 Å². The minimum Gasteiger partial charge on any atom is -0.385 e. The van der Waals surface area contributed by atoms with Gasteiger partial charge in [0.1, 0.15) is 0 Å². The second-order valence-corrected chi connectivity index (χ2v) is 6.69. The van der Waals surface area contributed by atoms with Crippen LogP contribution < -0.4 is 10.6 Å². The fourth-order valence-electron chi connectivity index (χ4n) is 3.89. The molecule has 1 aliphatic heterocycles. The highest BCUT2D eigenvalue weighted by Crippen LogP contribution is 2.40. The van der Waals surface area contributed by atoms with Gasteiger partial charge in [0.05, 0.1) is 0 Å². The summed E-state index contributed by atoms with van der Waals surface area (Å²) in [4.78, 5) is 0. The van der Waals surface area contributed by atoms with Crippen molar-refractivity contribution in [3.05, 3.63) is 29.3 Å². The van der Waals surface area contributed by atoms with Crippen molar-refractivity contribution in [1.82, 2.24) is 5.32 Å². The largest absolute Gasteiger partial charge is 0.385 e. The zero-order valence-corrected chi connectivity index (χ0v) is 12.8. The Kier molecular flexibility index (Phi) is 4.30. The first-order chi connectivity index (χ1) is 9.81. The monoisotopic (exact) mass is 272 g/mol. The number of aryl methyl sites for hydroxylation is 1. The second kappa shape index (κ2) is 6.17. The van der Waals surface area contributed by atoms with Crippen molar-refractivity contribution < 1.29 is 0 Å². The molecular weight excluding hydrogens is 244 g/mol. The Hall–Kier alpha value is -1.02. The molecule has 1 saturated carbocycles. The number of fused-ring (bicyclic) bond motifs is 1. The highest BCUT2D eigenvalue weighted by atomic mass is 14.9. The van der Waals surface area contributed by atoms with Crippen molar-refractivity contribution in [2.45, 2.75) is 58.4 Å². The predicted molar refractivity (Wildman–Crippen MR) is 86.2 cm³/mol. The van der Waals surface area contributed by atoms with Gasteiger partial charge in [-0.15, -0.1) is 0 Å². The standard InChI is InChI=1S/C18H28N2/c1-2-18(9-3-4-10-18)14-19-13-15-7-8-17-16(12-15)6-5-11-20-17/h7-8,12,19-20H,2-6,9-11,13-14H2,1H3. The lowest BCUT2D eigenvalue weighted by atomic mass is 9.83. The molecule has 2 N–H and O–H groups in total. The van der Waals surface area contributed by atoms with Crippen molar-refractivity contribution in [3.63, 3.8) is 0 Å². The summed E-state index contributed by atoms with van der Waals surface area (Å²) in [6, 6.07) is 6.93. The second-order valence-electron chi connectivity index (χ2n) is 6.69. The number of nitrogens with one attached hydrogen (secondary N) is 2. The van der Waals surface area contributed by atoms with Crippen LogP contribution >= 0.6 is 0 Å². The van der Waals surface area contributed by atoms with Gasteiger partial charge in [0.25, 0.3) is 0 Å². The number of anilines is 1. The molecule has 0 spiro atoms. The van der Waals surface area contributed by atoms with E-state index in [2.05, 4.69) is 35.8 Å². The van der Waals surface area contributed by atoms with E-state index in [-0.39, 0.29) is 0 Å². The van der Waals surface area contributed by atoms with Crippen LogP contribution in [0.4, 0.5) is 5.69 Å². The Bertz CT molecular complexity index is 447. The van der Waals surface area contributed by atoms with E-state index in [9.17, 15) is 0 Å². The first-order valence-corrected chi connectivity index (χ1v) is 8.38. The molecule has 1 aromatic carbocycles. The van der Waals surface area contributed by atoms with Crippen LogP contribution in [0.5, 0.6) is 0 Å². The van der Waals surface area contributed by atoms with Gasteiger partial charge in [0.2, 0.25) is 0 Å². The fraction of sp³-hybridized carbons (Fsp3) is 0.667. The first kappa shape index (κ1) is 13.9. The van der Waals surface area contributed by atoms with Crippen molar-refractivity contribution >= 4 is 5.69 Å². The minimum atomic E-state index is 0.593. The minimum absolute atomic E-state index is 0.593. The summed E-state index contributed by atoms with van der Waals surface area (Å²) in [6.45, 7) is 5.70. The summed E-state index contributed by atoms with van der Waals surface area (Å²) in [5, 5.41) is 7.21. The van der Waals surface area contributed by atoms with Crippen LogP contribution in [0.3, 0.4) is 0 Å². The molecule has 20 heavy (non-hydrogen) atoms. The molecule has 1 heterocycles. The molecule has 1 fully saturated rings. The summed E-state index contributed by atoms with van der Waals surface area (Å²) >= 11 is 0. The number of rotatable bonds is 5. The maximum Gasteiger partial charge on any atom is 0.0372 e. The Balaban J connectivity index is 1.56. The number of hydrogen-bond acceptors (Lipinski definition) is 2. The molecule has 1 aliphatic carbocycles. The Morgan fingerprint density at radius 3 is 2.85 bits per heavy atom. The van der Waals surface area contributed by atoms with Gasteiger partial charge in [-0.2, -0.15) is 0 Å². The maximum atomic E-state index is 3.72. The van der Waals surface area contributed by atoms with Crippen LogP contribution in [0.2, 0.25) is 0 Å². The number of hydrogen-bond donors (Lipinski definition) is 2. The average Bonchev–Trinajstić information content (AvgIpc) is 2.96. The molecule has 3 rings (SSSR count). The molecule has 2 nitrogen and oxygen atoms in total. The molecule has 0 aromatic heterocycles. The van der Waals surface area contributed by atoms with E-state index in [1.54, 1.807) is 0 Å². The van der Waals surface area contributed by atoms with E-state index in [4.69, 9.17) is 0 Å². The number of benzene rings is 1. The van der Waals surface area contributed by atoms with Crippen LogP contribution in [-0.2, 0) is 13.0 Å². The summed E-state index contributed by atoms with van der Waals surface area (Å²) in [6.07, 6.45) is 9.53. The van der Waals surface area contributed by atoms with E-state index in [0.717, 1.165) is 13.1 Å². The molecule has 0 amide bonds. The van der Waals surface area contributed by atoms with Gasteiger partial charge in [0.15, 0.2) is 0 Å². The average molecular weight is 272 g/mol. The highest BCUT2D eigenvalue weighted by molar-refractivity contribution is 5.54. The highest BCUT2D eigenvalue weighted by Gasteiger charge is 2.31. The normalized spacial score (nSPS) is 20.4. The molecule has 0 bridgehead atoms. The van der Waals surface area contributed by atoms with Gasteiger partial charge in [-0.05, 0) is 54.7 Å². The molecule has 0 radical (unpaired) electrons. The molecule has 1 aromatic rings. The van der Waals surface area contributed by atoms with Crippen LogP contribution in [0.15, 0.2) is 18.2 Å². The zero-order valence-electron chi connectivity index (χ0n) is 12.8. The smallest absolute Gasteiger partial charge is 0.0372 e. The summed E-state index contributed by atoms with van der Waals surface area (Å²) < 4.78 is 0. The lowest BCUT2D eigenvalue weighted by Gasteiger charge is -2.28. The topological polar surface area (TPSA) is 24.1 Å². The van der Waals surface area contributed by atoms with Crippen LogP contribution in [0, 0.1) is 5.41 Å². The molecule has 0 unspecified atom stereocenters. The lowest BCUT2D eigenvalue weighted by molar-refractivity contribution is 0.268. The van der Waals surface area contributed by atoms with E-state index in [1.807, 2.05) is 0 Å². The SMILES string of the molecule is CCC1(CNCc2ccc3c(c2)CCCN3)CCCC1. The molecule has 0 saturated heterocycles. The molecule has 2 heteroatoms. The Morgan fingerprint density at radius 1 is 1.20 bits per heavy atom. The van der Waals surface area contributed by atoms with E-state index in [0.29, 0.717) is 5.41 Å². The predicted octanol–water partition coefficient (Wildman–Crippen LogP) is 4.10.